The van der Waals surface area contributed by atoms with Gasteiger partial charge in [0.05, 0.1) is 28.3 Å². The molecule has 134 valence electrons. The Morgan fingerprint density at radius 1 is 1.09 bits per heavy atom. The van der Waals surface area contributed by atoms with Crippen LogP contribution in [0.25, 0.3) is 0 Å². The molecule has 9 nitrogen and oxygen atoms in total. The van der Waals surface area contributed by atoms with Crippen LogP contribution in [0.3, 0.4) is 0 Å². The Kier molecular flexibility index (Phi) is 8.36. The highest BCUT2D eigenvalue weighted by Crippen LogP contribution is 2.48. The van der Waals surface area contributed by atoms with Gasteiger partial charge in [0.1, 0.15) is 11.4 Å². The van der Waals surface area contributed by atoms with Gasteiger partial charge in [-0.15, -0.1) is 0 Å². The number of hydrogen-bond acceptors (Lipinski definition) is 8. The molecule has 1 rings (SSSR count). The standard InChI is InChI=1S/C11H19NO4P.CH4O4S/c1-12(2,3)10-7-6-8-11(9-10)16-17(13,14-4)15-5;1-5-6(2,3)4/h6-9H,1-5H3;1H3,(H,2,3,4)/q+1;/p-1. The minimum Gasteiger partial charge on any atom is -0.726 e. The summed E-state index contributed by atoms with van der Waals surface area (Å²) in [7, 11) is 1.58. The highest BCUT2D eigenvalue weighted by atomic mass is 32.3. The van der Waals surface area contributed by atoms with E-state index < -0.39 is 18.2 Å². The van der Waals surface area contributed by atoms with Gasteiger partial charge in [0, 0.05) is 20.3 Å². The average molecular weight is 371 g/mol. The monoisotopic (exact) mass is 371 g/mol. The molecule has 11 heteroatoms. The molecule has 0 bridgehead atoms. The lowest BCUT2D eigenvalue weighted by atomic mass is 10.2. The summed E-state index contributed by atoms with van der Waals surface area (Å²) in [6, 6.07) is 7.33. The Hall–Kier alpha value is -1.00. The third kappa shape index (κ3) is 9.01. The van der Waals surface area contributed by atoms with Gasteiger partial charge in [0.2, 0.25) is 10.4 Å². The first-order valence-electron chi connectivity index (χ1n) is 6.21. The maximum Gasteiger partial charge on any atom is 0.529 e. The van der Waals surface area contributed by atoms with E-state index in [1.54, 1.807) is 6.07 Å². The molecule has 23 heavy (non-hydrogen) atoms. The van der Waals surface area contributed by atoms with Gasteiger partial charge in [-0.2, -0.15) is 0 Å². The molecule has 0 fully saturated rings. The van der Waals surface area contributed by atoms with Crippen molar-refractivity contribution < 1.29 is 35.3 Å². The normalized spacial score (nSPS) is 12.3. The van der Waals surface area contributed by atoms with Crippen LogP contribution >= 0.6 is 7.82 Å². The molecule has 0 N–H and O–H groups in total. The predicted octanol–water partition coefficient (Wildman–Crippen LogP) is 1.76. The molecule has 0 heterocycles. The summed E-state index contributed by atoms with van der Waals surface area (Å²) in [6.45, 7) is 0. The first-order chi connectivity index (χ1) is 10.4. The summed E-state index contributed by atoms with van der Waals surface area (Å²) < 4.78 is 58.2. The van der Waals surface area contributed by atoms with Crippen LogP contribution in [0.15, 0.2) is 24.3 Å². The van der Waals surface area contributed by atoms with Crippen molar-refractivity contribution in [3.63, 3.8) is 0 Å². The Bertz CT molecular complexity index is 633. The van der Waals surface area contributed by atoms with Crippen molar-refractivity contribution in [2.75, 3.05) is 42.5 Å². The van der Waals surface area contributed by atoms with Gasteiger partial charge in [-0.1, -0.05) is 6.07 Å². The molecule has 1 aromatic rings. The SMILES string of the molecule is COP(=O)(OC)Oc1cccc([N+](C)(C)C)c1.COS(=O)(=O)[O-]. The number of benzene rings is 1. The molecule has 0 aliphatic rings. The first-order valence-corrected chi connectivity index (χ1v) is 9.01. The van der Waals surface area contributed by atoms with Gasteiger partial charge in [-0.25, -0.2) is 13.0 Å². The van der Waals surface area contributed by atoms with E-state index in [2.05, 4.69) is 4.18 Å². The van der Waals surface area contributed by atoms with Crippen LogP contribution in [-0.2, 0) is 28.2 Å². The smallest absolute Gasteiger partial charge is 0.529 e. The van der Waals surface area contributed by atoms with Crippen LogP contribution in [0.5, 0.6) is 5.75 Å². The van der Waals surface area contributed by atoms with E-state index in [1.165, 1.54) is 14.2 Å². The second kappa shape index (κ2) is 8.74. The largest absolute Gasteiger partial charge is 0.726 e. The zero-order valence-electron chi connectivity index (χ0n) is 13.9. The second-order valence-electron chi connectivity index (χ2n) is 4.99. The van der Waals surface area contributed by atoms with Crippen LogP contribution in [-0.4, -0.2) is 55.4 Å². The summed E-state index contributed by atoms with van der Waals surface area (Å²) in [6.07, 6.45) is 0. The van der Waals surface area contributed by atoms with Crippen LogP contribution in [0, 0.1) is 0 Å². The third-order valence-electron chi connectivity index (χ3n) is 2.46. The molecule has 0 aliphatic carbocycles. The average Bonchev–Trinajstić information content (AvgIpc) is 2.46. The highest BCUT2D eigenvalue weighted by Gasteiger charge is 2.25. The van der Waals surface area contributed by atoms with E-state index in [4.69, 9.17) is 13.6 Å². The van der Waals surface area contributed by atoms with Crippen molar-refractivity contribution in [2.24, 2.45) is 0 Å². The minimum atomic E-state index is -4.41. The Labute approximate surface area is 136 Å². The number of rotatable bonds is 6. The fourth-order valence-electron chi connectivity index (χ4n) is 1.24. The Balaban J connectivity index is 0.000000688. The summed E-state index contributed by atoms with van der Waals surface area (Å²) in [5.74, 6) is 0.461. The van der Waals surface area contributed by atoms with Crippen molar-refractivity contribution in [2.45, 2.75) is 0 Å². The van der Waals surface area contributed by atoms with Gasteiger partial charge >= 0.3 is 7.82 Å². The maximum atomic E-state index is 11.8. The lowest BCUT2D eigenvalue weighted by Crippen LogP contribution is -2.34. The summed E-state index contributed by atoms with van der Waals surface area (Å²) in [4.78, 5) is 0. The minimum absolute atomic E-state index is 0.461. The molecule has 0 radical (unpaired) electrons. The van der Waals surface area contributed by atoms with Crippen molar-refractivity contribution in [1.29, 1.82) is 0 Å². The number of phosphoric acid groups is 1. The van der Waals surface area contributed by atoms with Gasteiger partial charge in [0.15, 0.2) is 0 Å². The molecule has 0 aliphatic heterocycles. The molecular formula is C12H22NO8PS. The van der Waals surface area contributed by atoms with Crippen molar-refractivity contribution in [3.8, 4) is 5.75 Å². The van der Waals surface area contributed by atoms with Crippen molar-refractivity contribution in [1.82, 2.24) is 4.48 Å². The molecule has 0 unspecified atom stereocenters. The van der Waals surface area contributed by atoms with Gasteiger partial charge in [-0.3, -0.25) is 17.7 Å². The Morgan fingerprint density at radius 3 is 1.91 bits per heavy atom. The van der Waals surface area contributed by atoms with Gasteiger partial charge in [0.25, 0.3) is 0 Å². The maximum absolute atomic E-state index is 11.8. The molecule has 0 amide bonds. The van der Waals surface area contributed by atoms with Crippen molar-refractivity contribution in [3.05, 3.63) is 24.3 Å². The van der Waals surface area contributed by atoms with Crippen LogP contribution in [0.4, 0.5) is 5.69 Å². The van der Waals surface area contributed by atoms with E-state index in [1.807, 2.05) is 39.3 Å². The van der Waals surface area contributed by atoms with E-state index in [0.29, 0.717) is 10.2 Å². The van der Waals surface area contributed by atoms with Gasteiger partial charge < -0.3 is 9.08 Å². The fraction of sp³-hybridized carbons (Fsp3) is 0.500. The molecule has 0 saturated carbocycles. The number of phosphoric ester groups is 1. The van der Waals surface area contributed by atoms with Crippen molar-refractivity contribution >= 4 is 23.9 Å². The van der Waals surface area contributed by atoms with E-state index >= 15 is 0 Å². The van der Waals surface area contributed by atoms with Crippen LogP contribution in [0.1, 0.15) is 0 Å². The van der Waals surface area contributed by atoms with Gasteiger partial charge in [-0.05, 0) is 12.1 Å². The lowest BCUT2D eigenvalue weighted by Gasteiger charge is -2.24. The number of quaternary nitrogens is 1. The number of hydrogen-bond donors (Lipinski definition) is 0. The fourth-order valence-corrected chi connectivity index (χ4v) is 1.91. The van der Waals surface area contributed by atoms with E-state index in [9.17, 15) is 17.5 Å². The second-order valence-corrected chi connectivity index (χ2v) is 7.95. The summed E-state index contributed by atoms with van der Waals surface area (Å²) in [5.41, 5.74) is 1.03. The molecule has 0 spiro atoms. The zero-order valence-corrected chi connectivity index (χ0v) is 15.6. The topological polar surface area (TPSA) is 111 Å². The first kappa shape index (κ1) is 22.0. The van der Waals surface area contributed by atoms with Crippen LogP contribution in [0.2, 0.25) is 0 Å². The zero-order chi connectivity index (χ0) is 18.3. The molecule has 0 aromatic heterocycles. The highest BCUT2D eigenvalue weighted by molar-refractivity contribution is 7.80. The Morgan fingerprint density at radius 2 is 1.57 bits per heavy atom. The lowest BCUT2D eigenvalue weighted by molar-refractivity contribution is 0.211. The summed E-state index contributed by atoms with van der Waals surface area (Å²) in [5, 5.41) is 0. The molecular weight excluding hydrogens is 349 g/mol. The summed E-state index contributed by atoms with van der Waals surface area (Å²) >= 11 is 0. The van der Waals surface area contributed by atoms with Crippen LogP contribution < -0.4 is 9.01 Å². The predicted molar refractivity (Wildman–Crippen MR) is 85.0 cm³/mol. The molecule has 0 atom stereocenters. The van der Waals surface area contributed by atoms with E-state index in [-0.39, 0.29) is 0 Å². The molecule has 0 saturated heterocycles. The van der Waals surface area contributed by atoms with E-state index in [0.717, 1.165) is 12.8 Å². The molecule has 1 aromatic carbocycles. The third-order valence-corrected chi connectivity index (χ3v) is 4.20. The quantitative estimate of drug-likeness (QED) is 0.322. The number of nitrogens with zero attached hydrogens (tertiary/aromatic N) is 1.